The second-order valence-corrected chi connectivity index (χ2v) is 7.63. The Morgan fingerprint density at radius 1 is 1.30 bits per heavy atom. The number of carbonyl (C=O) groups is 3. The highest BCUT2D eigenvalue weighted by Crippen LogP contribution is 2.19. The van der Waals surface area contributed by atoms with Crippen molar-refractivity contribution in [1.29, 1.82) is 0 Å². The van der Waals surface area contributed by atoms with Gasteiger partial charge in [0.05, 0.1) is 28.4 Å². The van der Waals surface area contributed by atoms with Crippen molar-refractivity contribution in [2.24, 2.45) is 0 Å². The number of para-hydroxylation sites is 1. The molecule has 3 N–H and O–H groups in total. The Kier molecular flexibility index (Phi) is 5.85. The second-order valence-electron chi connectivity index (χ2n) is 6.69. The monoisotopic (exact) mass is 386 g/mol. The van der Waals surface area contributed by atoms with E-state index in [0.717, 1.165) is 10.7 Å². The molecule has 7 nitrogen and oxygen atoms in total. The van der Waals surface area contributed by atoms with Crippen LogP contribution < -0.4 is 16.0 Å². The van der Waals surface area contributed by atoms with Gasteiger partial charge in [-0.15, -0.1) is 11.3 Å². The van der Waals surface area contributed by atoms with E-state index in [2.05, 4.69) is 34.8 Å². The van der Waals surface area contributed by atoms with E-state index in [1.165, 1.54) is 0 Å². The van der Waals surface area contributed by atoms with E-state index < -0.39 is 11.9 Å². The number of carbonyl (C=O) groups excluding carboxylic acids is 3. The van der Waals surface area contributed by atoms with Crippen LogP contribution in [0.15, 0.2) is 29.6 Å². The largest absolute Gasteiger partial charge is 0.356 e. The number of hydrogen-bond acceptors (Lipinski definition) is 5. The summed E-state index contributed by atoms with van der Waals surface area (Å²) < 4.78 is 0. The van der Waals surface area contributed by atoms with Crippen LogP contribution in [0.1, 0.15) is 47.2 Å². The first-order valence-electron chi connectivity index (χ1n) is 8.86. The first-order valence-corrected chi connectivity index (χ1v) is 9.73. The molecule has 1 atom stereocenters. The smallest absolute Gasteiger partial charge is 0.254 e. The summed E-state index contributed by atoms with van der Waals surface area (Å²) in [6.07, 6.45) is 0.526. The number of nitrogens with zero attached hydrogens (tertiary/aromatic N) is 1. The molecule has 27 heavy (non-hydrogen) atoms. The molecule has 1 aliphatic rings. The zero-order valence-corrected chi connectivity index (χ0v) is 16.1. The lowest BCUT2D eigenvalue weighted by atomic mass is 10.1. The highest BCUT2D eigenvalue weighted by molar-refractivity contribution is 7.09. The van der Waals surface area contributed by atoms with Gasteiger partial charge in [0.1, 0.15) is 6.04 Å². The average molecular weight is 386 g/mol. The van der Waals surface area contributed by atoms with E-state index in [0.29, 0.717) is 30.1 Å². The summed E-state index contributed by atoms with van der Waals surface area (Å²) in [7, 11) is 0. The molecular weight excluding hydrogens is 364 g/mol. The van der Waals surface area contributed by atoms with Crippen molar-refractivity contribution in [3.63, 3.8) is 0 Å². The summed E-state index contributed by atoms with van der Waals surface area (Å²) in [5.74, 6) is -0.677. The van der Waals surface area contributed by atoms with Crippen LogP contribution in [0.3, 0.4) is 0 Å². The Labute approximate surface area is 161 Å². The zero-order valence-electron chi connectivity index (χ0n) is 15.2. The van der Waals surface area contributed by atoms with E-state index >= 15 is 0 Å². The Morgan fingerprint density at radius 3 is 2.81 bits per heavy atom. The van der Waals surface area contributed by atoms with Crippen molar-refractivity contribution in [3.05, 3.63) is 45.9 Å². The lowest BCUT2D eigenvalue weighted by molar-refractivity contribution is -0.125. The molecule has 0 radical (unpaired) electrons. The third-order valence-corrected chi connectivity index (χ3v) is 5.19. The number of nitrogens with one attached hydrogen (secondary N) is 3. The maximum absolute atomic E-state index is 12.3. The van der Waals surface area contributed by atoms with Crippen LogP contribution in [0.4, 0.5) is 5.69 Å². The van der Waals surface area contributed by atoms with E-state index in [9.17, 15) is 14.4 Å². The summed E-state index contributed by atoms with van der Waals surface area (Å²) in [5, 5.41) is 11.1. The predicted octanol–water partition coefficient (Wildman–Crippen LogP) is 2.07. The van der Waals surface area contributed by atoms with Gasteiger partial charge in [0.2, 0.25) is 11.8 Å². The third kappa shape index (κ3) is 4.71. The van der Waals surface area contributed by atoms with Gasteiger partial charge < -0.3 is 16.0 Å². The minimum atomic E-state index is -0.905. The van der Waals surface area contributed by atoms with Gasteiger partial charge in [0, 0.05) is 18.3 Å². The quantitative estimate of drug-likeness (QED) is 0.707. The molecule has 8 heteroatoms. The Hall–Kier alpha value is -2.74. The first-order chi connectivity index (χ1) is 12.9. The second kappa shape index (κ2) is 8.30. The minimum Gasteiger partial charge on any atom is -0.356 e. The third-order valence-electron chi connectivity index (χ3n) is 4.26. The van der Waals surface area contributed by atoms with Crippen molar-refractivity contribution in [3.8, 4) is 0 Å². The summed E-state index contributed by atoms with van der Waals surface area (Å²) in [5.41, 5.74) is 1.89. The number of benzene rings is 1. The van der Waals surface area contributed by atoms with Crippen LogP contribution in [-0.2, 0) is 16.0 Å². The number of fused-ring (bicyclic) bond motifs is 1. The number of amides is 3. The molecule has 1 aromatic heterocycles. The van der Waals surface area contributed by atoms with Gasteiger partial charge in [-0.1, -0.05) is 26.0 Å². The van der Waals surface area contributed by atoms with E-state index in [-0.39, 0.29) is 18.2 Å². The van der Waals surface area contributed by atoms with Crippen LogP contribution in [0, 0.1) is 0 Å². The van der Waals surface area contributed by atoms with E-state index in [1.54, 1.807) is 35.6 Å². The van der Waals surface area contributed by atoms with Crippen molar-refractivity contribution < 1.29 is 14.4 Å². The van der Waals surface area contributed by atoms with Crippen molar-refractivity contribution in [2.75, 3.05) is 11.9 Å². The number of rotatable bonds is 6. The zero-order chi connectivity index (χ0) is 19.4. The highest BCUT2D eigenvalue weighted by Gasteiger charge is 2.29. The van der Waals surface area contributed by atoms with E-state index in [4.69, 9.17) is 0 Å². The van der Waals surface area contributed by atoms with Crippen LogP contribution in [0.2, 0.25) is 0 Å². The van der Waals surface area contributed by atoms with E-state index in [1.807, 2.05) is 5.38 Å². The summed E-state index contributed by atoms with van der Waals surface area (Å²) >= 11 is 1.58. The minimum absolute atomic E-state index is 0.110. The van der Waals surface area contributed by atoms with Gasteiger partial charge in [-0.2, -0.15) is 0 Å². The molecule has 2 heterocycles. The van der Waals surface area contributed by atoms with Crippen molar-refractivity contribution in [1.82, 2.24) is 15.6 Å². The number of anilines is 1. The van der Waals surface area contributed by atoms with Gasteiger partial charge in [-0.25, -0.2) is 4.98 Å². The normalized spacial score (nSPS) is 16.3. The van der Waals surface area contributed by atoms with Crippen LogP contribution in [0.25, 0.3) is 0 Å². The lowest BCUT2D eigenvalue weighted by Crippen LogP contribution is -2.44. The molecule has 3 amide bonds. The molecule has 0 saturated carbocycles. The van der Waals surface area contributed by atoms with Gasteiger partial charge in [0.25, 0.3) is 5.91 Å². The summed E-state index contributed by atoms with van der Waals surface area (Å²) in [4.78, 5) is 41.3. The van der Waals surface area contributed by atoms with Gasteiger partial charge in [0.15, 0.2) is 0 Å². The fraction of sp³-hybridized carbons (Fsp3) is 0.368. The van der Waals surface area contributed by atoms with Crippen LogP contribution >= 0.6 is 11.3 Å². The fourth-order valence-corrected chi connectivity index (χ4v) is 3.69. The number of thiazole rings is 1. The first kappa shape index (κ1) is 19.0. The molecule has 0 fully saturated rings. The molecule has 0 aliphatic carbocycles. The van der Waals surface area contributed by atoms with Gasteiger partial charge in [-0.05, 0) is 18.1 Å². The summed E-state index contributed by atoms with van der Waals surface area (Å²) in [6.45, 7) is 4.61. The highest BCUT2D eigenvalue weighted by atomic mass is 32.1. The lowest BCUT2D eigenvalue weighted by Gasteiger charge is -2.14. The van der Waals surface area contributed by atoms with Gasteiger partial charge in [-0.3, -0.25) is 14.4 Å². The van der Waals surface area contributed by atoms with Crippen molar-refractivity contribution in [2.45, 2.75) is 38.6 Å². The molecular formula is C19H22N4O3S. The number of hydrogen-bond donors (Lipinski definition) is 3. The predicted molar refractivity (Wildman–Crippen MR) is 104 cm³/mol. The molecule has 3 rings (SSSR count). The average Bonchev–Trinajstić information content (AvgIpc) is 3.06. The van der Waals surface area contributed by atoms with Crippen molar-refractivity contribution >= 4 is 34.7 Å². The molecule has 1 aliphatic heterocycles. The molecule has 2 aromatic rings. The SMILES string of the molecule is CC(C)c1csc(CCNC(=O)CC2NC(=O)c3ccccc3NC2=O)n1. The maximum Gasteiger partial charge on any atom is 0.254 e. The molecule has 1 aromatic carbocycles. The van der Waals surface area contributed by atoms with Crippen LogP contribution in [-0.4, -0.2) is 35.3 Å². The Balaban J connectivity index is 1.51. The molecule has 142 valence electrons. The topological polar surface area (TPSA) is 100 Å². The fourth-order valence-electron chi connectivity index (χ4n) is 2.73. The molecule has 0 spiro atoms. The Morgan fingerprint density at radius 2 is 2.07 bits per heavy atom. The Bertz CT molecular complexity index is 862. The summed E-state index contributed by atoms with van der Waals surface area (Å²) in [6, 6.07) is 5.85. The van der Waals surface area contributed by atoms with Crippen LogP contribution in [0.5, 0.6) is 0 Å². The number of aromatic nitrogens is 1. The maximum atomic E-state index is 12.3. The molecule has 0 saturated heterocycles. The standard InChI is InChI=1S/C19H22N4O3S/c1-11(2)15-10-27-17(21-15)7-8-20-16(24)9-14-19(26)22-13-6-4-3-5-12(13)18(25)23-14/h3-6,10-11,14H,7-9H2,1-2H3,(H,20,24)(H,22,26)(H,23,25). The molecule has 0 bridgehead atoms. The van der Waals surface area contributed by atoms with Gasteiger partial charge >= 0.3 is 0 Å². The molecule has 1 unspecified atom stereocenters.